The first kappa shape index (κ1) is 13.7. The van der Waals surface area contributed by atoms with E-state index in [0.717, 1.165) is 42.3 Å². The van der Waals surface area contributed by atoms with E-state index in [-0.39, 0.29) is 11.9 Å². The first-order valence-electron chi connectivity index (χ1n) is 7.04. The highest BCUT2D eigenvalue weighted by Gasteiger charge is 2.19. The first-order valence-corrected chi connectivity index (χ1v) is 7.42. The minimum atomic E-state index is 0.188. The van der Waals surface area contributed by atoms with E-state index in [1.165, 1.54) is 0 Å². The summed E-state index contributed by atoms with van der Waals surface area (Å²) in [7, 11) is 1.94. The molecule has 3 nitrogen and oxygen atoms in total. The van der Waals surface area contributed by atoms with Gasteiger partial charge in [0.1, 0.15) is 0 Å². The van der Waals surface area contributed by atoms with Gasteiger partial charge in [-0.2, -0.15) is 0 Å². The Balaban J connectivity index is 1.80. The standard InChI is InChI=1S/C16H18ClNO2/c1-18-10-14(13-6-4-11(17)9-15(13)18)16(19)7-5-12-3-2-8-20-12/h4,6,9-10,12H,2-3,5,7-8H2,1H3. The third-order valence-corrected chi connectivity index (χ3v) is 4.21. The van der Waals surface area contributed by atoms with Gasteiger partial charge in [-0.05, 0) is 31.4 Å². The Hall–Kier alpha value is -1.32. The Morgan fingerprint density at radius 2 is 2.35 bits per heavy atom. The summed E-state index contributed by atoms with van der Waals surface area (Å²) in [5, 5.41) is 1.67. The highest BCUT2D eigenvalue weighted by molar-refractivity contribution is 6.31. The van der Waals surface area contributed by atoms with Gasteiger partial charge >= 0.3 is 0 Å². The first-order chi connectivity index (χ1) is 9.65. The third-order valence-electron chi connectivity index (χ3n) is 3.97. The highest BCUT2D eigenvalue weighted by atomic mass is 35.5. The van der Waals surface area contributed by atoms with Crippen LogP contribution in [0.3, 0.4) is 0 Å². The molecule has 1 aromatic carbocycles. The van der Waals surface area contributed by atoms with Gasteiger partial charge in [0.25, 0.3) is 0 Å². The van der Waals surface area contributed by atoms with Gasteiger partial charge in [0, 0.05) is 47.8 Å². The minimum absolute atomic E-state index is 0.188. The number of fused-ring (bicyclic) bond motifs is 1. The fraction of sp³-hybridized carbons (Fsp3) is 0.438. The number of halogens is 1. The number of benzene rings is 1. The topological polar surface area (TPSA) is 31.2 Å². The number of hydrogen-bond acceptors (Lipinski definition) is 2. The van der Waals surface area contributed by atoms with E-state index in [0.29, 0.717) is 11.4 Å². The van der Waals surface area contributed by atoms with Gasteiger partial charge in [-0.3, -0.25) is 4.79 Å². The number of carbonyl (C=O) groups is 1. The van der Waals surface area contributed by atoms with Crippen molar-refractivity contribution in [2.24, 2.45) is 7.05 Å². The average Bonchev–Trinajstić information content (AvgIpc) is 3.05. The van der Waals surface area contributed by atoms with E-state index in [2.05, 4.69) is 0 Å². The zero-order chi connectivity index (χ0) is 14.1. The summed E-state index contributed by atoms with van der Waals surface area (Å²) in [6.07, 6.45) is 5.74. The van der Waals surface area contributed by atoms with Gasteiger partial charge in [-0.15, -0.1) is 0 Å². The van der Waals surface area contributed by atoms with Crippen LogP contribution in [0.25, 0.3) is 10.9 Å². The molecule has 0 radical (unpaired) electrons. The van der Waals surface area contributed by atoms with Gasteiger partial charge in [0.2, 0.25) is 0 Å². The lowest BCUT2D eigenvalue weighted by atomic mass is 10.0. The molecule has 0 spiro atoms. The Morgan fingerprint density at radius 3 is 3.10 bits per heavy atom. The lowest BCUT2D eigenvalue weighted by Crippen LogP contribution is -2.08. The second-order valence-electron chi connectivity index (χ2n) is 5.41. The van der Waals surface area contributed by atoms with Gasteiger partial charge in [0.05, 0.1) is 6.10 Å². The second-order valence-corrected chi connectivity index (χ2v) is 5.85. The maximum atomic E-state index is 12.4. The molecule has 2 heterocycles. The molecule has 1 aliphatic rings. The molecular formula is C16H18ClNO2. The Bertz CT molecular complexity index is 641. The van der Waals surface area contributed by atoms with Crippen LogP contribution in [-0.4, -0.2) is 23.1 Å². The van der Waals surface area contributed by atoms with Crippen molar-refractivity contribution in [2.45, 2.75) is 31.8 Å². The van der Waals surface area contributed by atoms with Crippen LogP contribution in [-0.2, 0) is 11.8 Å². The van der Waals surface area contributed by atoms with E-state index < -0.39 is 0 Å². The molecule has 1 atom stereocenters. The van der Waals surface area contributed by atoms with Crippen molar-refractivity contribution in [1.29, 1.82) is 0 Å². The Kier molecular flexibility index (Phi) is 3.81. The Morgan fingerprint density at radius 1 is 1.50 bits per heavy atom. The van der Waals surface area contributed by atoms with Crippen molar-refractivity contribution in [3.8, 4) is 0 Å². The summed E-state index contributed by atoms with van der Waals surface area (Å²) >= 11 is 6.01. The second kappa shape index (κ2) is 5.58. The fourth-order valence-corrected chi connectivity index (χ4v) is 3.04. The largest absolute Gasteiger partial charge is 0.378 e. The number of rotatable bonds is 4. The number of aromatic nitrogens is 1. The van der Waals surface area contributed by atoms with Crippen molar-refractivity contribution in [2.75, 3.05) is 6.61 Å². The molecule has 2 aromatic rings. The number of ether oxygens (including phenoxy) is 1. The number of hydrogen-bond donors (Lipinski definition) is 0. The molecule has 106 valence electrons. The van der Waals surface area contributed by atoms with Crippen LogP contribution < -0.4 is 0 Å². The number of ketones is 1. The average molecular weight is 292 g/mol. The van der Waals surface area contributed by atoms with Crippen molar-refractivity contribution in [3.63, 3.8) is 0 Å². The smallest absolute Gasteiger partial charge is 0.165 e. The molecule has 20 heavy (non-hydrogen) atoms. The number of nitrogens with zero attached hydrogens (tertiary/aromatic N) is 1. The summed E-state index contributed by atoms with van der Waals surface area (Å²) in [6.45, 7) is 0.839. The number of carbonyl (C=O) groups excluding carboxylic acids is 1. The molecule has 1 aliphatic heterocycles. The molecular weight excluding hydrogens is 274 g/mol. The van der Waals surface area contributed by atoms with E-state index in [1.807, 2.05) is 36.0 Å². The summed E-state index contributed by atoms with van der Waals surface area (Å²) < 4.78 is 7.53. The molecule has 4 heteroatoms. The normalized spacial score (nSPS) is 18.8. The maximum absolute atomic E-state index is 12.4. The molecule has 1 unspecified atom stereocenters. The van der Waals surface area contributed by atoms with Crippen molar-refractivity contribution in [3.05, 3.63) is 35.0 Å². The molecule has 0 aliphatic carbocycles. The molecule has 0 bridgehead atoms. The van der Waals surface area contributed by atoms with E-state index >= 15 is 0 Å². The van der Waals surface area contributed by atoms with Gasteiger partial charge < -0.3 is 9.30 Å². The predicted molar refractivity (Wildman–Crippen MR) is 80.5 cm³/mol. The predicted octanol–water partition coefficient (Wildman–Crippen LogP) is 3.97. The summed E-state index contributed by atoms with van der Waals surface area (Å²) in [5.74, 6) is 0.188. The lowest BCUT2D eigenvalue weighted by Gasteiger charge is -2.07. The van der Waals surface area contributed by atoms with Gasteiger partial charge in [-0.1, -0.05) is 17.7 Å². The van der Waals surface area contributed by atoms with Crippen molar-refractivity contribution < 1.29 is 9.53 Å². The molecule has 0 saturated carbocycles. The molecule has 0 N–H and O–H groups in total. The van der Waals surface area contributed by atoms with Crippen LogP contribution in [0, 0.1) is 0 Å². The third kappa shape index (κ3) is 2.60. The molecule has 3 rings (SSSR count). The molecule has 1 saturated heterocycles. The van der Waals surface area contributed by atoms with Crippen LogP contribution in [0.2, 0.25) is 5.02 Å². The fourth-order valence-electron chi connectivity index (χ4n) is 2.88. The molecule has 0 amide bonds. The van der Waals surface area contributed by atoms with Crippen LogP contribution in [0.5, 0.6) is 0 Å². The number of aryl methyl sites for hydroxylation is 1. The summed E-state index contributed by atoms with van der Waals surface area (Å²) in [6, 6.07) is 5.66. The van der Waals surface area contributed by atoms with Crippen molar-refractivity contribution in [1.82, 2.24) is 4.57 Å². The summed E-state index contributed by atoms with van der Waals surface area (Å²) in [5.41, 5.74) is 1.79. The summed E-state index contributed by atoms with van der Waals surface area (Å²) in [4.78, 5) is 12.4. The van der Waals surface area contributed by atoms with E-state index in [1.54, 1.807) is 0 Å². The molecule has 1 aromatic heterocycles. The van der Waals surface area contributed by atoms with Gasteiger partial charge in [-0.25, -0.2) is 0 Å². The van der Waals surface area contributed by atoms with Crippen LogP contribution in [0.15, 0.2) is 24.4 Å². The maximum Gasteiger partial charge on any atom is 0.165 e. The highest BCUT2D eigenvalue weighted by Crippen LogP contribution is 2.26. The van der Waals surface area contributed by atoms with Crippen LogP contribution >= 0.6 is 11.6 Å². The van der Waals surface area contributed by atoms with E-state index in [4.69, 9.17) is 16.3 Å². The zero-order valence-electron chi connectivity index (χ0n) is 11.6. The zero-order valence-corrected chi connectivity index (χ0v) is 12.3. The quantitative estimate of drug-likeness (QED) is 0.798. The van der Waals surface area contributed by atoms with Crippen LogP contribution in [0.1, 0.15) is 36.0 Å². The van der Waals surface area contributed by atoms with Crippen LogP contribution in [0.4, 0.5) is 0 Å². The van der Waals surface area contributed by atoms with E-state index in [9.17, 15) is 4.79 Å². The minimum Gasteiger partial charge on any atom is -0.378 e. The van der Waals surface area contributed by atoms with Crippen molar-refractivity contribution >= 4 is 28.3 Å². The SMILES string of the molecule is Cn1cc(C(=O)CCC2CCCO2)c2ccc(Cl)cc21. The Labute approximate surface area is 123 Å². The molecule has 1 fully saturated rings. The van der Waals surface area contributed by atoms with Gasteiger partial charge in [0.15, 0.2) is 5.78 Å². The lowest BCUT2D eigenvalue weighted by molar-refractivity contribution is 0.0860. The number of Topliss-reactive ketones (excluding diaryl/α,β-unsaturated/α-hetero) is 1. The monoisotopic (exact) mass is 291 g/mol.